The first-order chi connectivity index (χ1) is 9.06. The van der Waals surface area contributed by atoms with Crippen LogP contribution in [0.3, 0.4) is 0 Å². The van der Waals surface area contributed by atoms with E-state index in [4.69, 9.17) is 4.74 Å². The van der Waals surface area contributed by atoms with Crippen LogP contribution in [0.2, 0.25) is 0 Å². The molecule has 102 valence electrons. The molecule has 1 fully saturated rings. The highest BCUT2D eigenvalue weighted by Crippen LogP contribution is 2.28. The van der Waals surface area contributed by atoms with Gasteiger partial charge in [0.1, 0.15) is 4.83 Å². The van der Waals surface area contributed by atoms with E-state index in [1.807, 2.05) is 36.5 Å². The first-order valence-electron chi connectivity index (χ1n) is 6.40. The van der Waals surface area contributed by atoms with Crippen LogP contribution >= 0.6 is 11.3 Å². The normalized spacial score (nSPS) is 20.2. The maximum absolute atomic E-state index is 12.5. The molecule has 1 aliphatic heterocycles. The van der Waals surface area contributed by atoms with Crippen LogP contribution in [0.4, 0.5) is 0 Å². The molecule has 1 unspecified atom stereocenters. The lowest BCUT2D eigenvalue weighted by atomic mass is 10.2. The fourth-order valence-corrected chi connectivity index (χ4v) is 3.56. The average Bonchev–Trinajstić information content (AvgIpc) is 2.92. The van der Waals surface area contributed by atoms with Gasteiger partial charge in [-0.1, -0.05) is 0 Å². The summed E-state index contributed by atoms with van der Waals surface area (Å²) in [6, 6.07) is 1.96. The van der Waals surface area contributed by atoms with Crippen molar-refractivity contribution in [2.75, 3.05) is 19.7 Å². The molecule has 0 bridgehead atoms. The molecule has 19 heavy (non-hydrogen) atoms. The molecule has 3 rings (SSSR count). The van der Waals surface area contributed by atoms with Crippen LogP contribution in [-0.4, -0.2) is 46.4 Å². The van der Waals surface area contributed by atoms with Crippen LogP contribution in [0.5, 0.6) is 0 Å². The number of thiophene rings is 1. The molecule has 0 radical (unpaired) electrons. The van der Waals surface area contributed by atoms with E-state index in [1.54, 1.807) is 0 Å². The third-order valence-corrected chi connectivity index (χ3v) is 4.63. The Morgan fingerprint density at radius 2 is 2.37 bits per heavy atom. The van der Waals surface area contributed by atoms with Gasteiger partial charge in [0.2, 0.25) is 0 Å². The number of aryl methyl sites for hydroxylation is 2. The molecule has 0 saturated carbocycles. The van der Waals surface area contributed by atoms with Crippen molar-refractivity contribution in [3.05, 3.63) is 16.6 Å². The summed E-state index contributed by atoms with van der Waals surface area (Å²) in [4.78, 5) is 16.2. The van der Waals surface area contributed by atoms with Crippen LogP contribution in [-0.2, 0) is 11.8 Å². The van der Waals surface area contributed by atoms with E-state index in [0.29, 0.717) is 19.7 Å². The van der Waals surface area contributed by atoms with Gasteiger partial charge in [0, 0.05) is 25.5 Å². The van der Waals surface area contributed by atoms with Gasteiger partial charge in [-0.25, -0.2) is 0 Å². The Morgan fingerprint density at radius 1 is 1.58 bits per heavy atom. The predicted octanol–water partition coefficient (Wildman–Crippen LogP) is 1.80. The van der Waals surface area contributed by atoms with Gasteiger partial charge in [0.05, 0.1) is 23.3 Å². The maximum atomic E-state index is 12.5. The van der Waals surface area contributed by atoms with Crippen molar-refractivity contribution < 1.29 is 9.53 Å². The number of carbonyl (C=O) groups is 1. The standard InChI is InChI=1S/C13H17N3O2S/c1-8-7-16(4-5-18-8)12(17)11-6-10-9(2)14-15(3)13(10)19-11/h6,8H,4-5,7H2,1-3H3. The second-order valence-electron chi connectivity index (χ2n) is 4.97. The van der Waals surface area contributed by atoms with Gasteiger partial charge >= 0.3 is 0 Å². The van der Waals surface area contributed by atoms with Gasteiger partial charge in [-0.2, -0.15) is 5.10 Å². The molecular weight excluding hydrogens is 262 g/mol. The first kappa shape index (κ1) is 12.6. The van der Waals surface area contributed by atoms with Crippen molar-refractivity contribution in [1.29, 1.82) is 0 Å². The van der Waals surface area contributed by atoms with Gasteiger partial charge in [0.15, 0.2) is 0 Å². The fourth-order valence-electron chi connectivity index (χ4n) is 2.47. The Balaban J connectivity index is 1.91. The van der Waals surface area contributed by atoms with Crippen LogP contribution in [0.15, 0.2) is 6.07 Å². The van der Waals surface area contributed by atoms with Gasteiger partial charge in [-0.15, -0.1) is 11.3 Å². The summed E-state index contributed by atoms with van der Waals surface area (Å²) < 4.78 is 7.31. The predicted molar refractivity (Wildman–Crippen MR) is 74.6 cm³/mol. The maximum Gasteiger partial charge on any atom is 0.264 e. The Morgan fingerprint density at radius 3 is 3.05 bits per heavy atom. The largest absolute Gasteiger partial charge is 0.375 e. The smallest absolute Gasteiger partial charge is 0.264 e. The number of hydrogen-bond acceptors (Lipinski definition) is 4. The highest BCUT2D eigenvalue weighted by Gasteiger charge is 2.24. The molecule has 1 aliphatic rings. The number of carbonyl (C=O) groups excluding carboxylic acids is 1. The zero-order valence-corrected chi connectivity index (χ0v) is 12.2. The molecule has 1 saturated heterocycles. The Kier molecular flexibility index (Phi) is 3.06. The Hall–Kier alpha value is -1.40. The van der Waals surface area contributed by atoms with Crippen molar-refractivity contribution >= 4 is 27.5 Å². The van der Waals surface area contributed by atoms with Gasteiger partial charge in [-0.3, -0.25) is 9.48 Å². The average molecular weight is 279 g/mol. The van der Waals surface area contributed by atoms with Crippen molar-refractivity contribution in [1.82, 2.24) is 14.7 Å². The molecule has 0 spiro atoms. The van der Waals surface area contributed by atoms with Crippen LogP contribution in [0.1, 0.15) is 22.3 Å². The van der Waals surface area contributed by atoms with Crippen molar-refractivity contribution in [3.8, 4) is 0 Å². The minimum atomic E-state index is 0.107. The molecule has 0 aromatic carbocycles. The van der Waals surface area contributed by atoms with E-state index < -0.39 is 0 Å². The first-order valence-corrected chi connectivity index (χ1v) is 7.22. The molecule has 2 aromatic rings. The molecule has 6 heteroatoms. The van der Waals surface area contributed by atoms with E-state index in [2.05, 4.69) is 5.10 Å². The van der Waals surface area contributed by atoms with Crippen molar-refractivity contribution in [3.63, 3.8) is 0 Å². The highest BCUT2D eigenvalue weighted by atomic mass is 32.1. The molecule has 2 aromatic heterocycles. The lowest BCUT2D eigenvalue weighted by Gasteiger charge is -2.30. The zero-order chi connectivity index (χ0) is 13.6. The van der Waals surface area contributed by atoms with E-state index in [-0.39, 0.29) is 12.0 Å². The van der Waals surface area contributed by atoms with E-state index in [0.717, 1.165) is 20.8 Å². The molecule has 0 aliphatic carbocycles. The SMILES string of the molecule is Cc1nn(C)c2sc(C(=O)N3CCOC(C)C3)cc12. The molecule has 0 N–H and O–H groups in total. The summed E-state index contributed by atoms with van der Waals surface area (Å²) in [5.74, 6) is 0.107. The summed E-state index contributed by atoms with van der Waals surface area (Å²) >= 11 is 1.52. The summed E-state index contributed by atoms with van der Waals surface area (Å²) in [5.41, 5.74) is 0.975. The number of aromatic nitrogens is 2. The number of fused-ring (bicyclic) bond motifs is 1. The van der Waals surface area contributed by atoms with Crippen LogP contribution in [0.25, 0.3) is 10.2 Å². The van der Waals surface area contributed by atoms with E-state index >= 15 is 0 Å². The zero-order valence-electron chi connectivity index (χ0n) is 11.3. The van der Waals surface area contributed by atoms with Gasteiger partial charge in [-0.05, 0) is 19.9 Å². The summed E-state index contributed by atoms with van der Waals surface area (Å²) in [6.07, 6.45) is 0.121. The van der Waals surface area contributed by atoms with Gasteiger partial charge in [0.25, 0.3) is 5.91 Å². The summed E-state index contributed by atoms with van der Waals surface area (Å²) in [5, 5.41) is 5.44. The second kappa shape index (κ2) is 4.61. The second-order valence-corrected chi connectivity index (χ2v) is 6.00. The molecular formula is C13H17N3O2S. The summed E-state index contributed by atoms with van der Waals surface area (Å²) in [7, 11) is 1.91. The van der Waals surface area contributed by atoms with Crippen molar-refractivity contribution in [2.45, 2.75) is 20.0 Å². The van der Waals surface area contributed by atoms with Crippen LogP contribution in [0, 0.1) is 6.92 Å². The minimum absolute atomic E-state index is 0.107. The lowest BCUT2D eigenvalue weighted by molar-refractivity contribution is -0.0122. The monoisotopic (exact) mass is 279 g/mol. The summed E-state index contributed by atoms with van der Waals surface area (Å²) in [6.45, 7) is 5.94. The molecule has 5 nitrogen and oxygen atoms in total. The third-order valence-electron chi connectivity index (χ3n) is 3.44. The number of amides is 1. The number of morpholine rings is 1. The number of rotatable bonds is 1. The minimum Gasteiger partial charge on any atom is -0.375 e. The molecule has 3 heterocycles. The number of hydrogen-bond donors (Lipinski definition) is 0. The highest BCUT2D eigenvalue weighted by molar-refractivity contribution is 7.20. The fraction of sp³-hybridized carbons (Fsp3) is 0.538. The van der Waals surface area contributed by atoms with E-state index in [1.165, 1.54) is 11.3 Å². The number of ether oxygens (including phenoxy) is 1. The topological polar surface area (TPSA) is 47.4 Å². The molecule has 1 atom stereocenters. The third kappa shape index (κ3) is 2.15. The van der Waals surface area contributed by atoms with E-state index in [9.17, 15) is 4.79 Å². The van der Waals surface area contributed by atoms with Crippen LogP contribution < -0.4 is 0 Å². The molecule has 1 amide bonds. The van der Waals surface area contributed by atoms with Gasteiger partial charge < -0.3 is 9.64 Å². The Labute approximate surface area is 115 Å². The Bertz CT molecular complexity index is 597. The van der Waals surface area contributed by atoms with Crippen molar-refractivity contribution in [2.24, 2.45) is 7.05 Å². The lowest BCUT2D eigenvalue weighted by Crippen LogP contribution is -2.44. The quantitative estimate of drug-likeness (QED) is 0.800. The number of nitrogens with zero attached hydrogens (tertiary/aromatic N) is 3.